The van der Waals surface area contributed by atoms with Crippen LogP contribution in [-0.4, -0.2) is 31.3 Å². The molecular formula is C13H15BrN4O2. The molecule has 7 heteroatoms. The second kappa shape index (κ2) is 6.13. The third kappa shape index (κ3) is 3.41. The van der Waals surface area contributed by atoms with Crippen LogP contribution in [0.5, 0.6) is 0 Å². The number of hydrogen-bond acceptors (Lipinski definition) is 4. The Balaban J connectivity index is 2.28. The maximum absolute atomic E-state index is 10.7. The van der Waals surface area contributed by atoms with E-state index in [2.05, 4.69) is 31.5 Å². The topological polar surface area (TPSA) is 80.9 Å². The monoisotopic (exact) mass is 338 g/mol. The predicted octanol–water partition coefficient (Wildman–Crippen LogP) is 2.52. The van der Waals surface area contributed by atoms with Crippen LogP contribution in [0.25, 0.3) is 11.4 Å². The van der Waals surface area contributed by atoms with Gasteiger partial charge in [-0.05, 0) is 35.4 Å². The second-order valence-corrected chi connectivity index (χ2v) is 5.73. The molecule has 1 atom stereocenters. The maximum atomic E-state index is 10.7. The number of aryl methyl sites for hydroxylation is 1. The normalized spacial score (nSPS) is 12.3. The Bertz CT molecular complexity index is 627. The number of rotatable bonds is 5. The molecule has 0 bridgehead atoms. The van der Waals surface area contributed by atoms with Crippen LogP contribution in [0.15, 0.2) is 22.7 Å². The molecule has 0 fully saturated rings. The van der Waals surface area contributed by atoms with E-state index in [1.165, 1.54) is 0 Å². The molecule has 20 heavy (non-hydrogen) atoms. The Morgan fingerprint density at radius 3 is 2.95 bits per heavy atom. The van der Waals surface area contributed by atoms with Crippen molar-refractivity contribution in [2.24, 2.45) is 5.92 Å². The van der Waals surface area contributed by atoms with Crippen LogP contribution in [-0.2, 0) is 11.3 Å². The summed E-state index contributed by atoms with van der Waals surface area (Å²) < 4.78 is 2.55. The first kappa shape index (κ1) is 14.6. The molecule has 0 aliphatic carbocycles. The van der Waals surface area contributed by atoms with Gasteiger partial charge >= 0.3 is 5.97 Å². The number of carbonyl (C=O) groups is 1. The van der Waals surface area contributed by atoms with Crippen molar-refractivity contribution in [1.29, 1.82) is 0 Å². The van der Waals surface area contributed by atoms with Crippen molar-refractivity contribution in [2.45, 2.75) is 26.8 Å². The number of benzene rings is 1. The van der Waals surface area contributed by atoms with Gasteiger partial charge in [0, 0.05) is 23.0 Å². The summed E-state index contributed by atoms with van der Waals surface area (Å²) in [6, 6.07) is 5.94. The molecule has 0 aliphatic heterocycles. The molecule has 1 heterocycles. The molecule has 1 aromatic carbocycles. The minimum atomic E-state index is -0.816. The van der Waals surface area contributed by atoms with Crippen LogP contribution in [0.1, 0.15) is 18.9 Å². The molecule has 1 aromatic heterocycles. The summed E-state index contributed by atoms with van der Waals surface area (Å²) in [6.07, 6.45) is 0.0916. The predicted molar refractivity (Wildman–Crippen MR) is 77.1 cm³/mol. The van der Waals surface area contributed by atoms with E-state index in [1.807, 2.05) is 32.0 Å². The van der Waals surface area contributed by atoms with E-state index in [4.69, 9.17) is 5.11 Å². The SMILES string of the molecule is Cc1ccc(Br)c(-c2nnnn2CC(C)CC(=O)O)c1. The van der Waals surface area contributed by atoms with Crippen molar-refractivity contribution >= 4 is 21.9 Å². The molecular weight excluding hydrogens is 324 g/mol. The number of carboxylic acid groups (broad SMARTS) is 1. The van der Waals surface area contributed by atoms with Crippen molar-refractivity contribution in [2.75, 3.05) is 0 Å². The number of tetrazole rings is 1. The highest BCUT2D eigenvalue weighted by atomic mass is 79.9. The third-order valence-corrected chi connectivity index (χ3v) is 3.59. The number of hydrogen-bond donors (Lipinski definition) is 1. The lowest BCUT2D eigenvalue weighted by Gasteiger charge is -2.11. The van der Waals surface area contributed by atoms with Gasteiger partial charge < -0.3 is 5.11 Å². The van der Waals surface area contributed by atoms with Crippen LogP contribution >= 0.6 is 15.9 Å². The largest absolute Gasteiger partial charge is 0.481 e. The van der Waals surface area contributed by atoms with Gasteiger partial charge in [-0.3, -0.25) is 4.79 Å². The van der Waals surface area contributed by atoms with E-state index in [9.17, 15) is 4.79 Å². The van der Waals surface area contributed by atoms with Crippen molar-refractivity contribution in [3.63, 3.8) is 0 Å². The zero-order chi connectivity index (χ0) is 14.7. The molecule has 2 rings (SSSR count). The van der Waals surface area contributed by atoms with Crippen LogP contribution in [0.4, 0.5) is 0 Å². The Morgan fingerprint density at radius 2 is 2.25 bits per heavy atom. The standard InChI is InChI=1S/C13H15BrN4O2/c1-8-3-4-11(14)10(5-8)13-15-16-17-18(13)7-9(2)6-12(19)20/h3-5,9H,6-7H2,1-2H3,(H,19,20). The molecule has 1 unspecified atom stereocenters. The number of halogens is 1. The highest BCUT2D eigenvalue weighted by Gasteiger charge is 2.16. The Labute approximate surface area is 124 Å². The summed E-state index contributed by atoms with van der Waals surface area (Å²) in [5, 5.41) is 20.5. The van der Waals surface area contributed by atoms with Crippen molar-refractivity contribution in [3.8, 4) is 11.4 Å². The smallest absolute Gasteiger partial charge is 0.303 e. The minimum Gasteiger partial charge on any atom is -0.481 e. The molecule has 0 saturated carbocycles. The summed E-state index contributed by atoms with van der Waals surface area (Å²) >= 11 is 3.49. The molecule has 2 aromatic rings. The summed E-state index contributed by atoms with van der Waals surface area (Å²) in [5.74, 6) is -0.222. The zero-order valence-electron chi connectivity index (χ0n) is 11.2. The van der Waals surface area contributed by atoms with Crippen molar-refractivity contribution in [3.05, 3.63) is 28.2 Å². The lowest BCUT2D eigenvalue weighted by atomic mass is 10.1. The van der Waals surface area contributed by atoms with Gasteiger partial charge in [-0.15, -0.1) is 5.10 Å². The molecule has 0 radical (unpaired) electrons. The average Bonchev–Trinajstić information content (AvgIpc) is 2.79. The molecule has 0 spiro atoms. The number of aromatic nitrogens is 4. The number of carboxylic acids is 1. The lowest BCUT2D eigenvalue weighted by molar-refractivity contribution is -0.138. The van der Waals surface area contributed by atoms with Crippen LogP contribution in [0.2, 0.25) is 0 Å². The van der Waals surface area contributed by atoms with E-state index in [0.29, 0.717) is 12.4 Å². The van der Waals surface area contributed by atoms with Gasteiger partial charge in [-0.2, -0.15) is 0 Å². The first-order valence-corrected chi connectivity index (χ1v) is 7.01. The van der Waals surface area contributed by atoms with Crippen molar-refractivity contribution < 1.29 is 9.90 Å². The molecule has 6 nitrogen and oxygen atoms in total. The molecule has 0 saturated heterocycles. The van der Waals surface area contributed by atoms with Gasteiger partial charge in [0.2, 0.25) is 0 Å². The second-order valence-electron chi connectivity index (χ2n) is 4.87. The number of nitrogens with zero attached hydrogens (tertiary/aromatic N) is 4. The van der Waals surface area contributed by atoms with Gasteiger partial charge in [0.05, 0.1) is 0 Å². The average molecular weight is 339 g/mol. The zero-order valence-corrected chi connectivity index (χ0v) is 12.8. The van der Waals surface area contributed by atoms with Gasteiger partial charge in [0.25, 0.3) is 0 Å². The molecule has 0 aliphatic rings. The highest BCUT2D eigenvalue weighted by Crippen LogP contribution is 2.27. The van der Waals surface area contributed by atoms with Gasteiger partial charge in [-0.25, -0.2) is 4.68 Å². The van der Waals surface area contributed by atoms with E-state index in [0.717, 1.165) is 15.6 Å². The van der Waals surface area contributed by atoms with Crippen LogP contribution < -0.4 is 0 Å². The highest BCUT2D eigenvalue weighted by molar-refractivity contribution is 9.10. The minimum absolute atomic E-state index is 0.0432. The fourth-order valence-electron chi connectivity index (χ4n) is 1.99. The van der Waals surface area contributed by atoms with E-state index in [-0.39, 0.29) is 12.3 Å². The molecule has 1 N–H and O–H groups in total. The summed E-state index contributed by atoms with van der Waals surface area (Å²) in [4.78, 5) is 10.7. The lowest BCUT2D eigenvalue weighted by Crippen LogP contribution is -2.14. The van der Waals surface area contributed by atoms with Gasteiger partial charge in [0.1, 0.15) is 0 Å². The van der Waals surface area contributed by atoms with Gasteiger partial charge in [0.15, 0.2) is 5.82 Å². The Kier molecular flexibility index (Phi) is 4.49. The maximum Gasteiger partial charge on any atom is 0.303 e. The van der Waals surface area contributed by atoms with Crippen LogP contribution in [0, 0.1) is 12.8 Å². The Hall–Kier alpha value is -1.76. The van der Waals surface area contributed by atoms with Gasteiger partial charge in [-0.1, -0.05) is 34.5 Å². The quantitative estimate of drug-likeness (QED) is 0.905. The fraction of sp³-hybridized carbons (Fsp3) is 0.385. The summed E-state index contributed by atoms with van der Waals surface area (Å²) in [6.45, 7) is 4.33. The fourth-order valence-corrected chi connectivity index (χ4v) is 2.41. The first-order valence-electron chi connectivity index (χ1n) is 6.22. The van der Waals surface area contributed by atoms with Crippen LogP contribution in [0.3, 0.4) is 0 Å². The van der Waals surface area contributed by atoms with E-state index < -0.39 is 5.97 Å². The summed E-state index contributed by atoms with van der Waals surface area (Å²) in [5.41, 5.74) is 2.01. The summed E-state index contributed by atoms with van der Waals surface area (Å²) in [7, 11) is 0. The molecule has 106 valence electrons. The third-order valence-electron chi connectivity index (χ3n) is 2.90. The van der Waals surface area contributed by atoms with E-state index >= 15 is 0 Å². The number of aliphatic carboxylic acids is 1. The Morgan fingerprint density at radius 1 is 1.50 bits per heavy atom. The first-order chi connectivity index (χ1) is 9.47. The van der Waals surface area contributed by atoms with E-state index in [1.54, 1.807) is 4.68 Å². The molecule has 0 amide bonds. The van der Waals surface area contributed by atoms with Crippen molar-refractivity contribution in [1.82, 2.24) is 20.2 Å².